The molecular weight excluding hydrogens is 358 g/mol. The molecule has 2 aromatic rings. The maximum atomic E-state index is 13.1. The summed E-state index contributed by atoms with van der Waals surface area (Å²) in [6.45, 7) is 0. The summed E-state index contributed by atoms with van der Waals surface area (Å²) in [4.78, 5) is 40.7. The third-order valence-electron chi connectivity index (χ3n) is 6.19. The monoisotopic (exact) mass is 379 g/mol. The second-order valence-corrected chi connectivity index (χ2v) is 7.82. The van der Waals surface area contributed by atoms with E-state index in [1.807, 2.05) is 35.2 Å². The Labute approximate surface area is 162 Å². The van der Waals surface area contributed by atoms with Crippen molar-refractivity contribution < 1.29 is 18.9 Å². The van der Waals surface area contributed by atoms with E-state index in [2.05, 4.69) is 5.16 Å². The largest absolute Gasteiger partial charge is 0.355 e. The van der Waals surface area contributed by atoms with Crippen LogP contribution in [0.4, 0.5) is 0 Å². The van der Waals surface area contributed by atoms with Gasteiger partial charge in [-0.15, -0.1) is 0 Å². The number of piperidine rings is 1. The van der Waals surface area contributed by atoms with E-state index in [9.17, 15) is 14.4 Å². The third-order valence-corrected chi connectivity index (χ3v) is 6.19. The number of aromatic nitrogens is 1. The lowest BCUT2D eigenvalue weighted by molar-refractivity contribution is -0.142. The Hall–Kier alpha value is -2.96. The number of fused-ring (bicyclic) bond motifs is 2. The summed E-state index contributed by atoms with van der Waals surface area (Å²) in [5.74, 6) is 0.298. The van der Waals surface area contributed by atoms with Gasteiger partial charge in [-0.3, -0.25) is 19.3 Å². The van der Waals surface area contributed by atoms with Crippen molar-refractivity contribution in [3.63, 3.8) is 0 Å². The van der Waals surface area contributed by atoms with E-state index in [0.29, 0.717) is 37.1 Å². The fraction of sp³-hybridized carbons (Fsp3) is 0.429. The summed E-state index contributed by atoms with van der Waals surface area (Å²) in [5, 5.41) is 4.00. The fourth-order valence-electron chi connectivity index (χ4n) is 4.94. The molecule has 0 radical (unpaired) electrons. The van der Waals surface area contributed by atoms with Crippen LogP contribution >= 0.6 is 0 Å². The van der Waals surface area contributed by atoms with Crippen molar-refractivity contribution in [2.75, 3.05) is 0 Å². The zero-order valence-electron chi connectivity index (χ0n) is 15.4. The summed E-state index contributed by atoms with van der Waals surface area (Å²) in [7, 11) is 0. The molecule has 1 aromatic carbocycles. The van der Waals surface area contributed by atoms with Crippen LogP contribution in [0.15, 0.2) is 40.9 Å². The van der Waals surface area contributed by atoms with E-state index in [1.54, 1.807) is 6.07 Å². The number of likely N-dealkylation sites (tertiary alicyclic amines) is 1. The van der Waals surface area contributed by atoms with Crippen LogP contribution in [0.3, 0.4) is 0 Å². The van der Waals surface area contributed by atoms with Gasteiger partial charge in [-0.05, 0) is 25.7 Å². The first kappa shape index (κ1) is 17.2. The fourth-order valence-corrected chi connectivity index (χ4v) is 4.94. The van der Waals surface area contributed by atoms with E-state index in [-0.39, 0.29) is 35.8 Å². The average Bonchev–Trinajstić information content (AvgIpc) is 3.39. The Bertz CT molecular complexity index is 908. The zero-order chi connectivity index (χ0) is 19.3. The lowest BCUT2D eigenvalue weighted by Gasteiger charge is -2.41. The lowest BCUT2D eigenvalue weighted by Crippen LogP contribution is -2.53. The molecule has 2 bridgehead atoms. The van der Waals surface area contributed by atoms with Crippen LogP contribution in [0.2, 0.25) is 0 Å². The molecule has 3 aliphatic heterocycles. The predicted octanol–water partition coefficient (Wildman–Crippen LogP) is 2.63. The van der Waals surface area contributed by atoms with E-state index in [0.717, 1.165) is 18.4 Å². The van der Waals surface area contributed by atoms with Crippen molar-refractivity contribution in [3.05, 3.63) is 42.1 Å². The molecule has 7 nitrogen and oxygen atoms in total. The smallest absolute Gasteiger partial charge is 0.276 e. The van der Waals surface area contributed by atoms with Crippen LogP contribution in [-0.2, 0) is 9.59 Å². The van der Waals surface area contributed by atoms with Gasteiger partial charge in [-0.1, -0.05) is 35.5 Å². The van der Waals surface area contributed by atoms with Crippen molar-refractivity contribution in [2.24, 2.45) is 0 Å². The standard InChI is InChI=1S/C21H21N3O4/c25-19-8-9-20(26)24(19)16-10-14-6-7-15(11-16)23(14)21(27)17-12-18(28-22-17)13-4-2-1-3-5-13/h1-5,12,14-16H,6-11H2. The molecule has 1 aromatic heterocycles. The van der Waals surface area contributed by atoms with Gasteiger partial charge >= 0.3 is 0 Å². The van der Waals surface area contributed by atoms with E-state index in [1.165, 1.54) is 4.90 Å². The quantitative estimate of drug-likeness (QED) is 0.766. The number of imide groups is 1. The average molecular weight is 379 g/mol. The van der Waals surface area contributed by atoms with Gasteiger partial charge in [0.05, 0.1) is 0 Å². The van der Waals surface area contributed by atoms with Crippen molar-refractivity contribution in [3.8, 4) is 11.3 Å². The molecule has 4 heterocycles. The van der Waals surface area contributed by atoms with E-state index in [4.69, 9.17) is 4.52 Å². The summed E-state index contributed by atoms with van der Waals surface area (Å²) in [6.07, 6.45) is 3.73. The highest BCUT2D eigenvalue weighted by Gasteiger charge is 2.48. The molecule has 28 heavy (non-hydrogen) atoms. The molecule has 5 rings (SSSR count). The summed E-state index contributed by atoms with van der Waals surface area (Å²) >= 11 is 0. The van der Waals surface area contributed by atoms with Crippen LogP contribution in [0.25, 0.3) is 11.3 Å². The Morgan fingerprint density at radius 2 is 1.61 bits per heavy atom. The molecule has 3 saturated heterocycles. The highest BCUT2D eigenvalue weighted by Crippen LogP contribution is 2.39. The normalized spacial score (nSPS) is 26.9. The molecule has 7 heteroatoms. The van der Waals surface area contributed by atoms with Crippen molar-refractivity contribution in [2.45, 2.75) is 56.7 Å². The SMILES string of the molecule is O=C1CCC(=O)N1C1CC2CCC(C1)N2C(=O)c1cc(-c2ccccc2)on1. The van der Waals surface area contributed by atoms with Crippen LogP contribution in [0, 0.1) is 0 Å². The van der Waals surface area contributed by atoms with Gasteiger partial charge in [0.25, 0.3) is 5.91 Å². The maximum absolute atomic E-state index is 13.1. The second-order valence-electron chi connectivity index (χ2n) is 7.82. The Morgan fingerprint density at radius 3 is 2.25 bits per heavy atom. The van der Waals surface area contributed by atoms with Gasteiger partial charge in [-0.2, -0.15) is 0 Å². The maximum Gasteiger partial charge on any atom is 0.276 e. The van der Waals surface area contributed by atoms with Crippen LogP contribution in [-0.4, -0.2) is 50.8 Å². The van der Waals surface area contributed by atoms with Gasteiger partial charge in [0.1, 0.15) is 0 Å². The first-order valence-electron chi connectivity index (χ1n) is 9.81. The van der Waals surface area contributed by atoms with Crippen LogP contribution in [0.5, 0.6) is 0 Å². The van der Waals surface area contributed by atoms with Crippen molar-refractivity contribution >= 4 is 17.7 Å². The first-order chi connectivity index (χ1) is 13.6. The number of hydrogen-bond acceptors (Lipinski definition) is 5. The number of benzene rings is 1. The third kappa shape index (κ3) is 2.73. The number of nitrogens with zero attached hydrogens (tertiary/aromatic N) is 3. The number of hydrogen-bond donors (Lipinski definition) is 0. The Morgan fingerprint density at radius 1 is 0.964 bits per heavy atom. The van der Waals surface area contributed by atoms with E-state index < -0.39 is 0 Å². The molecule has 0 spiro atoms. The molecule has 2 unspecified atom stereocenters. The molecule has 144 valence electrons. The van der Waals surface area contributed by atoms with Crippen molar-refractivity contribution in [1.29, 1.82) is 0 Å². The summed E-state index contributed by atoms with van der Waals surface area (Å²) in [5.41, 5.74) is 1.18. The van der Waals surface area contributed by atoms with Crippen molar-refractivity contribution in [1.82, 2.24) is 15.0 Å². The molecule has 3 fully saturated rings. The van der Waals surface area contributed by atoms with E-state index >= 15 is 0 Å². The predicted molar refractivity (Wildman–Crippen MR) is 99.0 cm³/mol. The number of carbonyl (C=O) groups excluding carboxylic acids is 3. The minimum Gasteiger partial charge on any atom is -0.355 e. The lowest BCUT2D eigenvalue weighted by atomic mass is 9.95. The molecule has 0 saturated carbocycles. The summed E-state index contributed by atoms with van der Waals surface area (Å²) < 4.78 is 5.39. The molecule has 0 N–H and O–H groups in total. The first-order valence-corrected chi connectivity index (χ1v) is 9.81. The number of amides is 3. The number of rotatable bonds is 3. The van der Waals surface area contributed by atoms with Gasteiger partial charge in [-0.25, -0.2) is 0 Å². The zero-order valence-corrected chi connectivity index (χ0v) is 15.4. The minimum absolute atomic E-state index is 0.0364. The number of carbonyl (C=O) groups is 3. The molecule has 3 amide bonds. The Kier molecular flexibility index (Phi) is 4.03. The molecule has 2 atom stereocenters. The molecule has 3 aliphatic rings. The molecular formula is C21H21N3O4. The van der Waals surface area contributed by atoms with Crippen LogP contribution in [0.1, 0.15) is 49.0 Å². The van der Waals surface area contributed by atoms with Gasteiger partial charge in [0.15, 0.2) is 11.5 Å². The Balaban J connectivity index is 1.34. The topological polar surface area (TPSA) is 83.7 Å². The summed E-state index contributed by atoms with van der Waals surface area (Å²) in [6, 6.07) is 11.2. The molecule has 0 aliphatic carbocycles. The minimum atomic E-state index is -0.129. The van der Waals surface area contributed by atoms with Crippen LogP contribution < -0.4 is 0 Å². The second kappa shape index (κ2) is 6.58. The highest BCUT2D eigenvalue weighted by atomic mass is 16.5. The highest BCUT2D eigenvalue weighted by molar-refractivity contribution is 6.02. The van der Waals surface area contributed by atoms with Gasteiger partial charge in [0.2, 0.25) is 11.8 Å². The van der Waals surface area contributed by atoms with Gasteiger partial charge in [0, 0.05) is 42.6 Å². The van der Waals surface area contributed by atoms with Gasteiger partial charge < -0.3 is 9.42 Å².